The van der Waals surface area contributed by atoms with Gasteiger partial charge in [0, 0.05) is 12.3 Å². The van der Waals surface area contributed by atoms with Crippen LogP contribution in [-0.2, 0) is 20.8 Å². The van der Waals surface area contributed by atoms with Gasteiger partial charge in [-0.05, 0) is 30.5 Å². The highest BCUT2D eigenvalue weighted by Crippen LogP contribution is 2.33. The largest absolute Gasteiger partial charge is 0.480 e. The van der Waals surface area contributed by atoms with E-state index in [9.17, 15) is 24.6 Å². The monoisotopic (exact) mass is 432 g/mol. The Bertz CT molecular complexity index is 858. The number of hydrogen-bond acceptors (Lipinski definition) is 6. The smallest absolute Gasteiger partial charge is 0.323 e. The molecule has 1 saturated heterocycles. The minimum absolute atomic E-state index is 0.184. The van der Waals surface area contributed by atoms with E-state index in [-0.39, 0.29) is 11.8 Å². The highest BCUT2D eigenvalue weighted by Gasteiger charge is 2.36. The van der Waals surface area contributed by atoms with Gasteiger partial charge in [0.2, 0.25) is 5.91 Å². The molecule has 1 amide bonds. The van der Waals surface area contributed by atoms with Crippen LogP contribution in [0.4, 0.5) is 0 Å². The zero-order valence-electron chi connectivity index (χ0n) is 16.3. The maximum Gasteiger partial charge on any atom is 0.323 e. The Kier molecular flexibility index (Phi) is 7.53. The average molecular weight is 432 g/mol. The fourth-order valence-corrected chi connectivity index (χ4v) is 4.64. The van der Waals surface area contributed by atoms with Gasteiger partial charge < -0.3 is 19.5 Å². The highest BCUT2D eigenvalue weighted by molar-refractivity contribution is 7.99. The molecule has 1 aliphatic heterocycles. The predicted molar refractivity (Wildman–Crippen MR) is 111 cm³/mol. The van der Waals surface area contributed by atoms with Gasteiger partial charge in [0.15, 0.2) is 0 Å². The van der Waals surface area contributed by atoms with Crippen LogP contribution in [0.2, 0.25) is 0 Å². The van der Waals surface area contributed by atoms with Gasteiger partial charge in [-0.2, -0.15) is 0 Å². The molecule has 0 bridgehead atoms. The summed E-state index contributed by atoms with van der Waals surface area (Å²) in [5, 5.41) is 21.6. The van der Waals surface area contributed by atoms with Crippen LogP contribution in [0.3, 0.4) is 0 Å². The van der Waals surface area contributed by atoms with Gasteiger partial charge in [-0.15, -0.1) is 11.8 Å². The number of amides is 1. The molecule has 0 spiro atoms. The lowest BCUT2D eigenvalue weighted by Gasteiger charge is -2.26. The van der Waals surface area contributed by atoms with Crippen molar-refractivity contribution in [2.75, 3.05) is 18.8 Å². The first-order chi connectivity index (χ1) is 14.4. The van der Waals surface area contributed by atoms with E-state index in [1.54, 1.807) is 12.1 Å². The molecular weight excluding hydrogens is 408 g/mol. The Labute approximate surface area is 178 Å². The van der Waals surface area contributed by atoms with Crippen LogP contribution in [0.15, 0.2) is 53.1 Å². The van der Waals surface area contributed by atoms with E-state index >= 15 is 0 Å². The van der Waals surface area contributed by atoms with Gasteiger partial charge in [0.05, 0.1) is 17.6 Å². The lowest BCUT2D eigenvalue weighted by atomic mass is 10.0. The van der Waals surface area contributed by atoms with Crippen LogP contribution in [-0.4, -0.2) is 63.9 Å². The van der Waals surface area contributed by atoms with Crippen molar-refractivity contribution in [1.82, 2.24) is 10.2 Å². The molecule has 3 unspecified atom stereocenters. The minimum Gasteiger partial charge on any atom is -0.480 e. The van der Waals surface area contributed by atoms with Crippen LogP contribution < -0.4 is 5.32 Å². The summed E-state index contributed by atoms with van der Waals surface area (Å²) in [6.45, 7) is -0.264. The number of aryl methyl sites for hydroxylation is 1. The third-order valence-electron chi connectivity index (χ3n) is 4.91. The molecule has 160 valence electrons. The van der Waals surface area contributed by atoms with Gasteiger partial charge in [-0.25, -0.2) is 0 Å². The van der Waals surface area contributed by atoms with Crippen molar-refractivity contribution in [2.45, 2.75) is 30.2 Å². The summed E-state index contributed by atoms with van der Waals surface area (Å²) in [7, 11) is 0. The molecule has 3 rings (SSSR count). The van der Waals surface area contributed by atoms with Crippen LogP contribution in [0.25, 0.3) is 0 Å². The molecule has 3 atom stereocenters. The lowest BCUT2D eigenvalue weighted by molar-refractivity contribution is -0.146. The third kappa shape index (κ3) is 5.87. The van der Waals surface area contributed by atoms with Crippen molar-refractivity contribution in [3.8, 4) is 0 Å². The Morgan fingerprint density at radius 2 is 1.97 bits per heavy atom. The summed E-state index contributed by atoms with van der Waals surface area (Å²) in [4.78, 5) is 37.3. The van der Waals surface area contributed by atoms with E-state index in [1.165, 1.54) is 22.9 Å². The molecule has 9 heteroatoms. The number of aliphatic carboxylic acids is 2. The number of thioether (sulfide) groups is 1. The molecule has 2 heterocycles. The number of carboxylic acids is 2. The molecule has 1 aromatic heterocycles. The lowest BCUT2D eigenvalue weighted by Crippen LogP contribution is -2.53. The number of hydrogen-bond donors (Lipinski definition) is 3. The van der Waals surface area contributed by atoms with Gasteiger partial charge in [-0.1, -0.05) is 30.3 Å². The second kappa shape index (κ2) is 10.3. The van der Waals surface area contributed by atoms with Crippen molar-refractivity contribution in [1.29, 1.82) is 0 Å². The molecule has 1 aromatic carbocycles. The first-order valence-corrected chi connectivity index (χ1v) is 10.7. The summed E-state index contributed by atoms with van der Waals surface area (Å²) in [6, 6.07) is 11.3. The summed E-state index contributed by atoms with van der Waals surface area (Å²) in [5.41, 5.74) is 1.01. The average Bonchev–Trinajstić information content (AvgIpc) is 3.21. The maximum absolute atomic E-state index is 13.0. The number of nitrogens with zero attached hydrogens (tertiary/aromatic N) is 1. The number of rotatable bonds is 9. The van der Waals surface area contributed by atoms with E-state index in [0.717, 1.165) is 5.56 Å². The molecule has 3 N–H and O–H groups in total. The van der Waals surface area contributed by atoms with Crippen LogP contribution in [0, 0.1) is 0 Å². The zero-order chi connectivity index (χ0) is 21.5. The normalized spacial score (nSPS) is 20.5. The summed E-state index contributed by atoms with van der Waals surface area (Å²) in [6.07, 6.45) is 2.39. The number of carbonyl (C=O) groups is 3. The molecule has 2 aromatic rings. The number of carbonyl (C=O) groups excluding carboxylic acids is 1. The third-order valence-corrected chi connectivity index (χ3v) is 6.22. The zero-order valence-corrected chi connectivity index (χ0v) is 17.1. The van der Waals surface area contributed by atoms with Gasteiger partial charge >= 0.3 is 11.9 Å². The first kappa shape index (κ1) is 21.9. The Hall–Kier alpha value is -2.78. The molecular formula is C21H24N2O6S. The van der Waals surface area contributed by atoms with Crippen molar-refractivity contribution < 1.29 is 29.0 Å². The van der Waals surface area contributed by atoms with E-state index in [4.69, 9.17) is 4.42 Å². The van der Waals surface area contributed by atoms with Gasteiger partial charge in [-0.3, -0.25) is 19.7 Å². The number of furan rings is 1. The fraction of sp³-hybridized carbons (Fsp3) is 0.381. The Morgan fingerprint density at radius 1 is 1.20 bits per heavy atom. The van der Waals surface area contributed by atoms with Crippen molar-refractivity contribution in [3.05, 3.63) is 60.1 Å². The van der Waals surface area contributed by atoms with Crippen LogP contribution in [0.1, 0.15) is 23.0 Å². The maximum atomic E-state index is 13.0. The van der Waals surface area contributed by atoms with Crippen molar-refractivity contribution in [2.24, 2.45) is 0 Å². The molecule has 0 saturated carbocycles. The van der Waals surface area contributed by atoms with Crippen LogP contribution in [0.5, 0.6) is 0 Å². The minimum atomic E-state index is -1.12. The van der Waals surface area contributed by atoms with Gasteiger partial charge in [0.1, 0.15) is 18.3 Å². The summed E-state index contributed by atoms with van der Waals surface area (Å²) in [5.74, 6) is -1.60. The molecule has 1 aliphatic rings. The quantitative estimate of drug-likeness (QED) is 0.551. The number of carboxylic acid groups (broad SMARTS) is 2. The molecule has 0 radical (unpaired) electrons. The molecule has 8 nitrogen and oxygen atoms in total. The van der Waals surface area contributed by atoms with Crippen molar-refractivity contribution >= 4 is 29.6 Å². The molecule has 1 fully saturated rings. The highest BCUT2D eigenvalue weighted by atomic mass is 32.2. The number of nitrogens with one attached hydrogen (secondary N) is 1. The van der Waals surface area contributed by atoms with E-state index < -0.39 is 36.5 Å². The van der Waals surface area contributed by atoms with E-state index in [2.05, 4.69) is 5.32 Å². The van der Waals surface area contributed by atoms with Gasteiger partial charge in [0.25, 0.3) is 0 Å². The fourth-order valence-electron chi connectivity index (χ4n) is 3.40. The Morgan fingerprint density at radius 3 is 2.60 bits per heavy atom. The topological polar surface area (TPSA) is 120 Å². The van der Waals surface area contributed by atoms with Crippen LogP contribution >= 0.6 is 11.8 Å². The summed E-state index contributed by atoms with van der Waals surface area (Å²) >= 11 is 1.45. The second-order valence-electron chi connectivity index (χ2n) is 7.08. The predicted octanol–water partition coefficient (Wildman–Crippen LogP) is 2.02. The second-order valence-corrected chi connectivity index (χ2v) is 8.32. The summed E-state index contributed by atoms with van der Waals surface area (Å²) < 4.78 is 5.44. The van der Waals surface area contributed by atoms with E-state index in [0.29, 0.717) is 24.4 Å². The number of benzene rings is 1. The SMILES string of the molecule is O=C(O)CN1CC(c2ccco2)SCC(NC(CCc2ccccc2)C(=O)O)C1=O. The molecule has 30 heavy (non-hydrogen) atoms. The van der Waals surface area contributed by atoms with Crippen molar-refractivity contribution in [3.63, 3.8) is 0 Å². The first-order valence-electron chi connectivity index (χ1n) is 9.62. The standard InChI is InChI=1S/C21H24N2O6S/c24-19(25)12-23-11-18(17-7-4-10-29-17)30-13-16(20(23)26)22-15(21(27)28)9-8-14-5-2-1-3-6-14/h1-7,10,15-16,18,22H,8-9,11-13H2,(H,24,25)(H,27,28). The Balaban J connectivity index is 1.72. The molecule has 0 aliphatic carbocycles. The van der Waals surface area contributed by atoms with E-state index in [1.807, 2.05) is 30.3 Å².